The van der Waals surface area contributed by atoms with Crippen LogP contribution in [0.2, 0.25) is 5.02 Å². The topological polar surface area (TPSA) is 59.8 Å². The van der Waals surface area contributed by atoms with E-state index in [0.29, 0.717) is 37.8 Å². The minimum absolute atomic E-state index is 0.303. The Balaban J connectivity index is 1.91. The summed E-state index contributed by atoms with van der Waals surface area (Å²) in [7, 11) is 1.77. The van der Waals surface area contributed by atoms with E-state index < -0.39 is 0 Å². The molecule has 2 aromatic heterocycles. The monoisotopic (exact) mass is 406 g/mol. The fourth-order valence-electron chi connectivity index (χ4n) is 2.45. The molecular formula is C17H16BrClN4O. The standard InChI is InChI=1S/C17H16BrClN4O/c1-9(2)10-4-6-11(7-5-10)21-17(24)12-8-20-16-13(14(12)19)15(18)22-23(16)3/h4-9H,1-3H3,(H,21,24). The number of benzene rings is 1. The Hall–Kier alpha value is -1.92. The Morgan fingerprint density at radius 2 is 1.96 bits per heavy atom. The summed E-state index contributed by atoms with van der Waals surface area (Å²) in [6, 6.07) is 7.77. The van der Waals surface area contributed by atoms with Gasteiger partial charge in [0.15, 0.2) is 5.65 Å². The summed E-state index contributed by atoms with van der Waals surface area (Å²) in [5.74, 6) is 0.140. The zero-order valence-electron chi connectivity index (χ0n) is 13.5. The van der Waals surface area contributed by atoms with Gasteiger partial charge in [0.05, 0.1) is 16.0 Å². The highest BCUT2D eigenvalue weighted by atomic mass is 79.9. The lowest BCUT2D eigenvalue weighted by atomic mass is 10.0. The van der Waals surface area contributed by atoms with Crippen molar-refractivity contribution in [3.05, 3.63) is 51.2 Å². The molecule has 1 N–H and O–H groups in total. The predicted octanol–water partition coefficient (Wildman–Crippen LogP) is 4.76. The maximum Gasteiger partial charge on any atom is 0.258 e. The normalized spacial score (nSPS) is 11.2. The van der Waals surface area contributed by atoms with Gasteiger partial charge in [0.1, 0.15) is 4.60 Å². The van der Waals surface area contributed by atoms with E-state index in [2.05, 4.69) is 45.2 Å². The van der Waals surface area contributed by atoms with Crippen LogP contribution in [0.15, 0.2) is 35.1 Å². The minimum atomic E-state index is -0.303. The zero-order chi connectivity index (χ0) is 17.4. The van der Waals surface area contributed by atoms with E-state index >= 15 is 0 Å². The van der Waals surface area contributed by atoms with Gasteiger partial charge in [-0.05, 0) is 39.5 Å². The third kappa shape index (κ3) is 3.03. The molecule has 124 valence electrons. The number of pyridine rings is 1. The van der Waals surface area contributed by atoms with Crippen LogP contribution in [0, 0.1) is 0 Å². The van der Waals surface area contributed by atoms with E-state index in [-0.39, 0.29) is 5.91 Å². The summed E-state index contributed by atoms with van der Waals surface area (Å²) in [6.07, 6.45) is 1.47. The van der Waals surface area contributed by atoms with Crippen molar-refractivity contribution in [3.63, 3.8) is 0 Å². The van der Waals surface area contributed by atoms with Crippen molar-refractivity contribution >= 4 is 50.2 Å². The largest absolute Gasteiger partial charge is 0.322 e. The molecule has 3 rings (SSSR count). The van der Waals surface area contributed by atoms with Crippen LogP contribution in [0.1, 0.15) is 35.7 Å². The Bertz CT molecular complexity index is 918. The Labute approximate surface area is 153 Å². The summed E-state index contributed by atoms with van der Waals surface area (Å²) in [5.41, 5.74) is 2.86. The number of hydrogen-bond donors (Lipinski definition) is 1. The quantitative estimate of drug-likeness (QED) is 0.681. The van der Waals surface area contributed by atoms with Gasteiger partial charge in [-0.2, -0.15) is 5.10 Å². The third-order valence-corrected chi connectivity index (χ3v) is 4.77. The molecule has 7 heteroatoms. The van der Waals surface area contributed by atoms with Crippen molar-refractivity contribution in [2.45, 2.75) is 19.8 Å². The molecule has 0 bridgehead atoms. The number of fused-ring (bicyclic) bond motifs is 1. The van der Waals surface area contributed by atoms with E-state index in [1.165, 1.54) is 11.8 Å². The van der Waals surface area contributed by atoms with Crippen LogP contribution in [0.25, 0.3) is 11.0 Å². The van der Waals surface area contributed by atoms with Gasteiger partial charge in [-0.3, -0.25) is 4.79 Å². The van der Waals surface area contributed by atoms with Crippen LogP contribution in [0.3, 0.4) is 0 Å². The van der Waals surface area contributed by atoms with Crippen molar-refractivity contribution in [2.75, 3.05) is 5.32 Å². The highest BCUT2D eigenvalue weighted by molar-refractivity contribution is 9.10. The molecule has 0 aliphatic carbocycles. The smallest absolute Gasteiger partial charge is 0.258 e. The summed E-state index contributed by atoms with van der Waals surface area (Å²) in [6.45, 7) is 4.25. The third-order valence-electron chi connectivity index (χ3n) is 3.83. The molecule has 0 atom stereocenters. The number of carbonyl (C=O) groups excluding carboxylic acids is 1. The van der Waals surface area contributed by atoms with Crippen LogP contribution in [0.4, 0.5) is 5.69 Å². The lowest BCUT2D eigenvalue weighted by Gasteiger charge is -2.09. The molecule has 0 fully saturated rings. The first-order valence-corrected chi connectivity index (χ1v) is 8.63. The summed E-state index contributed by atoms with van der Waals surface area (Å²) < 4.78 is 2.17. The molecule has 24 heavy (non-hydrogen) atoms. The first kappa shape index (κ1) is 16.9. The molecular weight excluding hydrogens is 392 g/mol. The van der Waals surface area contributed by atoms with E-state index in [9.17, 15) is 4.79 Å². The highest BCUT2D eigenvalue weighted by Crippen LogP contribution is 2.31. The van der Waals surface area contributed by atoms with Crippen LogP contribution in [0.5, 0.6) is 0 Å². The number of halogens is 2. The second-order valence-corrected chi connectivity index (χ2v) is 6.96. The number of nitrogens with one attached hydrogen (secondary N) is 1. The molecule has 1 aromatic carbocycles. The number of aryl methyl sites for hydroxylation is 1. The fraction of sp³-hybridized carbons (Fsp3) is 0.235. The van der Waals surface area contributed by atoms with Gasteiger partial charge in [0.25, 0.3) is 5.91 Å². The minimum Gasteiger partial charge on any atom is -0.322 e. The maximum atomic E-state index is 12.5. The molecule has 5 nitrogen and oxygen atoms in total. The lowest BCUT2D eigenvalue weighted by Crippen LogP contribution is -2.13. The van der Waals surface area contributed by atoms with Crippen LogP contribution in [-0.4, -0.2) is 20.7 Å². The number of rotatable bonds is 3. The molecule has 0 saturated carbocycles. The number of hydrogen-bond acceptors (Lipinski definition) is 3. The average molecular weight is 408 g/mol. The van der Waals surface area contributed by atoms with Gasteiger partial charge in [-0.1, -0.05) is 37.6 Å². The Kier molecular flexibility index (Phi) is 4.60. The average Bonchev–Trinajstić information content (AvgIpc) is 2.83. The van der Waals surface area contributed by atoms with Crippen molar-refractivity contribution in [1.29, 1.82) is 0 Å². The molecule has 2 heterocycles. The van der Waals surface area contributed by atoms with Crippen molar-refractivity contribution < 1.29 is 4.79 Å². The van der Waals surface area contributed by atoms with Gasteiger partial charge in [-0.15, -0.1) is 0 Å². The molecule has 0 saturated heterocycles. The van der Waals surface area contributed by atoms with E-state index in [0.717, 1.165) is 0 Å². The van der Waals surface area contributed by atoms with Crippen LogP contribution < -0.4 is 5.32 Å². The highest BCUT2D eigenvalue weighted by Gasteiger charge is 2.19. The maximum absolute atomic E-state index is 12.5. The SMILES string of the molecule is CC(C)c1ccc(NC(=O)c2cnc3c(c(Br)nn3C)c2Cl)cc1. The fourth-order valence-corrected chi connectivity index (χ4v) is 3.48. The first-order chi connectivity index (χ1) is 11.4. The predicted molar refractivity (Wildman–Crippen MR) is 99.7 cm³/mol. The summed E-state index contributed by atoms with van der Waals surface area (Å²) in [4.78, 5) is 16.8. The van der Waals surface area contributed by atoms with Crippen molar-refractivity contribution in [1.82, 2.24) is 14.8 Å². The van der Waals surface area contributed by atoms with Crippen LogP contribution >= 0.6 is 27.5 Å². The van der Waals surface area contributed by atoms with Crippen LogP contribution in [-0.2, 0) is 7.05 Å². The number of amides is 1. The Morgan fingerprint density at radius 1 is 1.29 bits per heavy atom. The van der Waals surface area contributed by atoms with Gasteiger partial charge >= 0.3 is 0 Å². The molecule has 1 amide bonds. The van der Waals surface area contributed by atoms with E-state index in [1.54, 1.807) is 11.7 Å². The lowest BCUT2D eigenvalue weighted by molar-refractivity contribution is 0.102. The number of anilines is 1. The second-order valence-electron chi connectivity index (χ2n) is 5.83. The van der Waals surface area contributed by atoms with Gasteiger partial charge < -0.3 is 5.32 Å². The molecule has 0 unspecified atom stereocenters. The molecule has 0 aliphatic heterocycles. The number of nitrogens with zero attached hydrogens (tertiary/aromatic N) is 3. The van der Waals surface area contributed by atoms with Crippen molar-refractivity contribution in [2.24, 2.45) is 7.05 Å². The summed E-state index contributed by atoms with van der Waals surface area (Å²) in [5, 5.41) is 8.02. The van der Waals surface area contributed by atoms with E-state index in [1.807, 2.05) is 24.3 Å². The molecule has 0 radical (unpaired) electrons. The van der Waals surface area contributed by atoms with Gasteiger partial charge in [0, 0.05) is 18.9 Å². The number of aromatic nitrogens is 3. The Morgan fingerprint density at radius 3 is 2.58 bits per heavy atom. The van der Waals surface area contributed by atoms with Crippen molar-refractivity contribution in [3.8, 4) is 0 Å². The summed E-state index contributed by atoms with van der Waals surface area (Å²) >= 11 is 9.76. The zero-order valence-corrected chi connectivity index (χ0v) is 15.8. The van der Waals surface area contributed by atoms with Gasteiger partial charge in [-0.25, -0.2) is 9.67 Å². The van der Waals surface area contributed by atoms with Gasteiger partial charge in [0.2, 0.25) is 0 Å². The van der Waals surface area contributed by atoms with E-state index in [4.69, 9.17) is 11.6 Å². The first-order valence-electron chi connectivity index (χ1n) is 7.46. The molecule has 0 aliphatic rings. The number of carbonyl (C=O) groups is 1. The second kappa shape index (κ2) is 6.53. The molecule has 0 spiro atoms. The molecule has 3 aromatic rings.